The molecule has 0 bridgehead atoms. The third-order valence-electron chi connectivity index (χ3n) is 4.04. The van der Waals surface area contributed by atoms with Crippen molar-refractivity contribution in [3.8, 4) is 10.6 Å². The standard InChI is InChI=1S/C15H15FN6OS/c1-20-5-7-21(8-6-20)14(23)12-17-18-15-22(12)19-13(24-15)10-3-2-4-11(16)9-10/h2-4,9H,5-8H2,1H3. The fraction of sp³-hybridized carbons (Fsp3) is 0.333. The number of halogens is 1. The minimum absolute atomic E-state index is 0.174. The second-order valence-electron chi connectivity index (χ2n) is 5.73. The Morgan fingerprint density at radius 2 is 2.00 bits per heavy atom. The number of fused-ring (bicyclic) bond motifs is 1. The van der Waals surface area contributed by atoms with E-state index in [1.165, 1.54) is 28.0 Å². The van der Waals surface area contributed by atoms with Crippen molar-refractivity contribution in [3.05, 3.63) is 35.9 Å². The van der Waals surface area contributed by atoms with Crippen molar-refractivity contribution in [3.63, 3.8) is 0 Å². The molecule has 3 heterocycles. The molecule has 0 aliphatic carbocycles. The molecule has 3 aromatic rings. The lowest BCUT2D eigenvalue weighted by Crippen LogP contribution is -2.47. The van der Waals surface area contributed by atoms with E-state index in [-0.39, 0.29) is 17.5 Å². The monoisotopic (exact) mass is 346 g/mol. The maximum atomic E-state index is 13.4. The number of hydrogen-bond donors (Lipinski definition) is 0. The van der Waals surface area contributed by atoms with Crippen LogP contribution in [0.2, 0.25) is 0 Å². The van der Waals surface area contributed by atoms with Gasteiger partial charge in [-0.3, -0.25) is 4.79 Å². The highest BCUT2D eigenvalue weighted by molar-refractivity contribution is 7.19. The van der Waals surface area contributed by atoms with Gasteiger partial charge in [0.1, 0.15) is 10.8 Å². The Balaban J connectivity index is 1.66. The molecule has 0 unspecified atom stereocenters. The summed E-state index contributed by atoms with van der Waals surface area (Å²) < 4.78 is 14.8. The molecular formula is C15H15FN6OS. The van der Waals surface area contributed by atoms with Gasteiger partial charge >= 0.3 is 0 Å². The predicted octanol–water partition coefficient (Wildman–Crippen LogP) is 1.38. The Hall–Kier alpha value is -2.39. The average molecular weight is 346 g/mol. The zero-order valence-corrected chi connectivity index (χ0v) is 13.8. The molecule has 1 fully saturated rings. The van der Waals surface area contributed by atoms with E-state index in [9.17, 15) is 9.18 Å². The summed E-state index contributed by atoms with van der Waals surface area (Å²) in [4.78, 5) is 17.1. The van der Waals surface area contributed by atoms with Gasteiger partial charge in [-0.2, -0.15) is 9.61 Å². The molecular weight excluding hydrogens is 331 g/mol. The number of carbonyl (C=O) groups is 1. The summed E-state index contributed by atoms with van der Waals surface area (Å²) in [5.74, 6) is -0.299. The van der Waals surface area contributed by atoms with Crippen molar-refractivity contribution >= 4 is 22.2 Å². The minimum atomic E-state index is -0.327. The number of carbonyl (C=O) groups excluding carboxylic acids is 1. The molecule has 4 rings (SSSR count). The van der Waals surface area contributed by atoms with E-state index in [0.717, 1.165) is 13.1 Å². The Labute approximate surface area is 141 Å². The number of rotatable bonds is 2. The van der Waals surface area contributed by atoms with Crippen LogP contribution in [0.25, 0.3) is 15.5 Å². The van der Waals surface area contributed by atoms with E-state index in [1.807, 2.05) is 7.05 Å². The maximum Gasteiger partial charge on any atom is 0.293 e. The van der Waals surface area contributed by atoms with E-state index >= 15 is 0 Å². The predicted molar refractivity (Wildman–Crippen MR) is 87.5 cm³/mol. The topological polar surface area (TPSA) is 66.6 Å². The number of aromatic nitrogens is 4. The van der Waals surface area contributed by atoms with Gasteiger partial charge in [-0.15, -0.1) is 10.2 Å². The van der Waals surface area contributed by atoms with E-state index in [4.69, 9.17) is 0 Å². The molecule has 1 aliphatic heterocycles. The molecule has 124 valence electrons. The summed E-state index contributed by atoms with van der Waals surface area (Å²) in [5.41, 5.74) is 0.656. The summed E-state index contributed by atoms with van der Waals surface area (Å²) in [5, 5.41) is 13.0. The normalized spacial score (nSPS) is 16.0. The van der Waals surface area contributed by atoms with Crippen LogP contribution in [0.4, 0.5) is 4.39 Å². The van der Waals surface area contributed by atoms with Crippen LogP contribution in [0.3, 0.4) is 0 Å². The Morgan fingerprint density at radius 3 is 2.75 bits per heavy atom. The number of hydrogen-bond acceptors (Lipinski definition) is 6. The molecule has 0 atom stereocenters. The second kappa shape index (κ2) is 5.91. The minimum Gasteiger partial charge on any atom is -0.333 e. The fourth-order valence-corrected chi connectivity index (χ4v) is 3.48. The van der Waals surface area contributed by atoms with Crippen LogP contribution in [0.15, 0.2) is 24.3 Å². The van der Waals surface area contributed by atoms with Crippen molar-refractivity contribution in [1.29, 1.82) is 0 Å². The third-order valence-corrected chi connectivity index (χ3v) is 4.99. The van der Waals surface area contributed by atoms with Crippen LogP contribution in [0.1, 0.15) is 10.6 Å². The SMILES string of the molecule is CN1CCN(C(=O)c2nnc3sc(-c4cccc(F)c4)nn23)CC1. The first-order chi connectivity index (χ1) is 11.6. The van der Waals surface area contributed by atoms with Crippen LogP contribution in [-0.4, -0.2) is 68.7 Å². The van der Waals surface area contributed by atoms with Gasteiger partial charge in [0, 0.05) is 31.7 Å². The Kier molecular flexibility index (Phi) is 3.73. The first-order valence-electron chi connectivity index (χ1n) is 7.58. The van der Waals surface area contributed by atoms with E-state index < -0.39 is 0 Å². The van der Waals surface area contributed by atoms with Crippen molar-refractivity contribution < 1.29 is 9.18 Å². The van der Waals surface area contributed by atoms with Gasteiger partial charge in [-0.25, -0.2) is 4.39 Å². The van der Waals surface area contributed by atoms with Crippen LogP contribution in [-0.2, 0) is 0 Å². The van der Waals surface area contributed by atoms with E-state index in [1.54, 1.807) is 17.0 Å². The molecule has 1 amide bonds. The smallest absolute Gasteiger partial charge is 0.293 e. The molecule has 2 aromatic heterocycles. The fourth-order valence-electron chi connectivity index (χ4n) is 2.64. The molecule has 7 nitrogen and oxygen atoms in total. The quantitative estimate of drug-likeness (QED) is 0.701. The highest BCUT2D eigenvalue weighted by atomic mass is 32.1. The van der Waals surface area contributed by atoms with E-state index in [0.29, 0.717) is 28.6 Å². The molecule has 0 spiro atoms. The number of benzene rings is 1. The summed E-state index contributed by atoms with van der Waals surface area (Å²) >= 11 is 1.28. The van der Waals surface area contributed by atoms with Crippen LogP contribution in [0.5, 0.6) is 0 Å². The van der Waals surface area contributed by atoms with Gasteiger partial charge in [-0.1, -0.05) is 23.5 Å². The van der Waals surface area contributed by atoms with Crippen LogP contribution >= 0.6 is 11.3 Å². The van der Waals surface area contributed by atoms with Gasteiger partial charge < -0.3 is 9.80 Å². The molecule has 9 heteroatoms. The summed E-state index contributed by atoms with van der Waals surface area (Å²) in [6.07, 6.45) is 0. The Morgan fingerprint density at radius 1 is 1.21 bits per heavy atom. The Bertz CT molecular complexity index is 898. The van der Waals surface area contributed by atoms with Gasteiger partial charge in [0.2, 0.25) is 10.8 Å². The molecule has 1 aromatic carbocycles. The summed E-state index contributed by atoms with van der Waals surface area (Å²) in [6.45, 7) is 2.98. The van der Waals surface area contributed by atoms with Crippen molar-refractivity contribution in [2.75, 3.05) is 33.2 Å². The molecule has 0 N–H and O–H groups in total. The lowest BCUT2D eigenvalue weighted by Gasteiger charge is -2.31. The highest BCUT2D eigenvalue weighted by Gasteiger charge is 2.26. The lowest BCUT2D eigenvalue weighted by atomic mass is 10.2. The van der Waals surface area contributed by atoms with Gasteiger partial charge in [0.25, 0.3) is 5.91 Å². The molecule has 24 heavy (non-hydrogen) atoms. The molecule has 0 radical (unpaired) electrons. The van der Waals surface area contributed by atoms with Gasteiger partial charge in [0.05, 0.1) is 0 Å². The first kappa shape index (κ1) is 15.2. The lowest BCUT2D eigenvalue weighted by molar-refractivity contribution is 0.0649. The number of nitrogens with zero attached hydrogens (tertiary/aromatic N) is 6. The first-order valence-corrected chi connectivity index (χ1v) is 8.39. The number of amides is 1. The van der Waals surface area contributed by atoms with Crippen molar-refractivity contribution in [2.45, 2.75) is 0 Å². The molecule has 0 saturated carbocycles. The zero-order valence-electron chi connectivity index (χ0n) is 13.0. The maximum absolute atomic E-state index is 13.4. The second-order valence-corrected chi connectivity index (χ2v) is 6.69. The zero-order chi connectivity index (χ0) is 16.7. The molecule has 1 aliphatic rings. The van der Waals surface area contributed by atoms with Crippen molar-refractivity contribution in [2.24, 2.45) is 0 Å². The molecule has 1 saturated heterocycles. The number of piperazine rings is 1. The summed E-state index contributed by atoms with van der Waals surface area (Å²) in [6, 6.07) is 6.19. The largest absolute Gasteiger partial charge is 0.333 e. The van der Waals surface area contributed by atoms with Gasteiger partial charge in [0.15, 0.2) is 0 Å². The van der Waals surface area contributed by atoms with Crippen molar-refractivity contribution in [1.82, 2.24) is 29.6 Å². The highest BCUT2D eigenvalue weighted by Crippen LogP contribution is 2.26. The third kappa shape index (κ3) is 2.65. The summed E-state index contributed by atoms with van der Waals surface area (Å²) in [7, 11) is 2.03. The van der Waals surface area contributed by atoms with Crippen LogP contribution in [0, 0.1) is 5.82 Å². The average Bonchev–Trinajstić information content (AvgIpc) is 3.15. The number of likely N-dealkylation sites (N-methyl/N-ethyl adjacent to an activating group) is 1. The van der Waals surface area contributed by atoms with E-state index in [2.05, 4.69) is 20.2 Å². The van der Waals surface area contributed by atoms with Crippen LogP contribution < -0.4 is 0 Å². The van der Waals surface area contributed by atoms with Gasteiger partial charge in [-0.05, 0) is 19.2 Å².